The Labute approximate surface area is 138 Å². The van der Waals surface area contributed by atoms with Gasteiger partial charge in [0, 0.05) is 20.4 Å². The van der Waals surface area contributed by atoms with Crippen LogP contribution in [0.2, 0.25) is 0 Å². The molecule has 0 atom stereocenters. The average Bonchev–Trinajstić information content (AvgIpc) is 2.18. The molecule has 0 aliphatic rings. The van der Waals surface area contributed by atoms with E-state index in [1.165, 1.54) is 10.9 Å². The molecular weight excluding hydrogens is 365 g/mol. The molecular formula is C16H26ClPPd. The van der Waals surface area contributed by atoms with E-state index in [4.69, 9.17) is 11.6 Å². The number of benzene rings is 1. The summed E-state index contributed by atoms with van der Waals surface area (Å²) in [6.45, 7) is 16.0. The van der Waals surface area contributed by atoms with Crippen LogP contribution in [0.25, 0.3) is 0 Å². The van der Waals surface area contributed by atoms with Crippen LogP contribution in [-0.4, -0.2) is 10.3 Å². The molecule has 19 heavy (non-hydrogen) atoms. The number of rotatable bonds is 2. The fourth-order valence-electron chi connectivity index (χ4n) is 2.91. The molecule has 0 saturated carbocycles. The molecule has 0 unspecified atom stereocenters. The fourth-order valence-corrected chi connectivity index (χ4v) is 9.88. The molecule has 0 amide bonds. The van der Waals surface area contributed by atoms with Crippen molar-refractivity contribution in [3.8, 4) is 0 Å². The minimum absolute atomic E-state index is 0. The molecule has 3 heteroatoms. The number of aryl methyl sites for hydroxylation is 1. The van der Waals surface area contributed by atoms with Crippen LogP contribution in [0.4, 0.5) is 0 Å². The van der Waals surface area contributed by atoms with Gasteiger partial charge in [0.05, 0.1) is 15.6 Å². The van der Waals surface area contributed by atoms with Crippen LogP contribution in [0.3, 0.4) is 0 Å². The van der Waals surface area contributed by atoms with E-state index in [0.29, 0.717) is 0 Å². The summed E-state index contributed by atoms with van der Waals surface area (Å²) in [4.78, 5) is 0. The van der Waals surface area contributed by atoms with Gasteiger partial charge in [-0.15, -0.1) is 0 Å². The standard InChI is InChI=1S/C16H26ClP.Pd/c1-13-8-10-14(11-9-13)18(12-17,15(2,3)4)16(5,6)7;/h8-12H,1-7H3;. The smallest absolute Gasteiger partial charge is 0.0669 e. The molecule has 1 aromatic carbocycles. The van der Waals surface area contributed by atoms with Crippen LogP contribution in [0.15, 0.2) is 24.3 Å². The zero-order valence-corrected chi connectivity index (χ0v) is 16.2. The van der Waals surface area contributed by atoms with E-state index >= 15 is 0 Å². The maximum absolute atomic E-state index is 6.39. The van der Waals surface area contributed by atoms with Crippen LogP contribution >= 0.6 is 18.9 Å². The largest absolute Gasteiger partial charge is 0.304 e. The molecule has 0 nitrogen and oxygen atoms in total. The van der Waals surface area contributed by atoms with E-state index in [1.807, 2.05) is 5.62 Å². The van der Waals surface area contributed by atoms with Gasteiger partial charge in [-0.05, 0) is 60.6 Å². The number of hydrogen-bond acceptors (Lipinski definition) is 0. The summed E-state index contributed by atoms with van der Waals surface area (Å²) in [7, 11) is -1.58. The van der Waals surface area contributed by atoms with Gasteiger partial charge in [0.1, 0.15) is 0 Å². The molecule has 0 saturated heterocycles. The van der Waals surface area contributed by atoms with Crippen LogP contribution in [0.1, 0.15) is 47.1 Å². The van der Waals surface area contributed by atoms with Crippen molar-refractivity contribution < 1.29 is 20.4 Å². The number of hydrogen-bond donors (Lipinski definition) is 0. The maximum atomic E-state index is 6.39. The molecule has 0 bridgehead atoms. The van der Waals surface area contributed by atoms with Crippen molar-refractivity contribution in [2.75, 3.05) is 0 Å². The van der Waals surface area contributed by atoms with E-state index < -0.39 is 7.26 Å². The summed E-state index contributed by atoms with van der Waals surface area (Å²) < 4.78 is 0. The van der Waals surface area contributed by atoms with Crippen molar-refractivity contribution in [1.82, 2.24) is 0 Å². The average molecular weight is 391 g/mol. The summed E-state index contributed by atoms with van der Waals surface area (Å²) in [5, 5.41) is 1.74. The Hall–Kier alpha value is 0.602. The van der Waals surface area contributed by atoms with Crippen molar-refractivity contribution in [3.05, 3.63) is 35.5 Å². The van der Waals surface area contributed by atoms with Crippen molar-refractivity contribution in [1.29, 1.82) is 0 Å². The second-order valence-corrected chi connectivity index (χ2v) is 12.4. The first-order chi connectivity index (χ1) is 8.06. The van der Waals surface area contributed by atoms with Crippen LogP contribution in [0, 0.1) is 12.5 Å². The summed E-state index contributed by atoms with van der Waals surface area (Å²) in [5.41, 5.74) is 3.28. The van der Waals surface area contributed by atoms with E-state index in [0.717, 1.165) is 0 Å². The van der Waals surface area contributed by atoms with Crippen LogP contribution in [-0.2, 0) is 20.4 Å². The Bertz CT molecular complexity index is 384. The van der Waals surface area contributed by atoms with E-state index in [-0.39, 0.29) is 30.7 Å². The fraction of sp³-hybridized carbons (Fsp3) is 0.562. The third-order valence-corrected chi connectivity index (χ3v) is 10.2. The Kier molecular flexibility index (Phi) is 6.79. The summed E-state index contributed by atoms with van der Waals surface area (Å²) in [6, 6.07) is 8.92. The third-order valence-electron chi connectivity index (χ3n) is 3.70. The number of halogens is 1. The normalized spacial score (nSPS) is 13.1. The SMILES string of the molecule is Cc1ccc([P+]([CH-]Cl)(C(C)(C)C)C(C)(C)C)cc1.[Pd]. The minimum atomic E-state index is -1.58. The summed E-state index contributed by atoms with van der Waals surface area (Å²) >= 11 is 6.39. The quantitative estimate of drug-likeness (QED) is 0.350. The molecule has 112 valence electrons. The Balaban J connectivity index is 0.00000324. The Morgan fingerprint density at radius 2 is 1.26 bits per heavy atom. The first-order valence-corrected chi connectivity index (χ1v) is 8.76. The van der Waals surface area contributed by atoms with Gasteiger partial charge in [-0.1, -0.05) is 30.6 Å². The van der Waals surface area contributed by atoms with Gasteiger partial charge in [-0.2, -0.15) is 0 Å². The Morgan fingerprint density at radius 1 is 0.895 bits per heavy atom. The predicted molar refractivity (Wildman–Crippen MR) is 87.4 cm³/mol. The molecule has 0 radical (unpaired) electrons. The third kappa shape index (κ3) is 3.63. The van der Waals surface area contributed by atoms with Gasteiger partial charge in [0.25, 0.3) is 0 Å². The monoisotopic (exact) mass is 390 g/mol. The minimum Gasteiger partial charge on any atom is -0.304 e. The van der Waals surface area contributed by atoms with Crippen molar-refractivity contribution >= 4 is 24.2 Å². The predicted octanol–water partition coefficient (Wildman–Crippen LogP) is 5.59. The van der Waals surface area contributed by atoms with Crippen molar-refractivity contribution in [2.45, 2.75) is 58.8 Å². The molecule has 0 spiro atoms. The van der Waals surface area contributed by atoms with Crippen LogP contribution < -0.4 is 5.30 Å². The Morgan fingerprint density at radius 3 is 1.53 bits per heavy atom. The molecule has 1 rings (SSSR count). The summed E-state index contributed by atoms with van der Waals surface area (Å²) in [5.74, 6) is 0. The van der Waals surface area contributed by atoms with E-state index in [2.05, 4.69) is 72.7 Å². The first-order valence-electron chi connectivity index (χ1n) is 6.47. The summed E-state index contributed by atoms with van der Waals surface area (Å²) in [6.07, 6.45) is 0. The van der Waals surface area contributed by atoms with Gasteiger partial charge in [0.15, 0.2) is 0 Å². The van der Waals surface area contributed by atoms with E-state index in [1.54, 1.807) is 0 Å². The topological polar surface area (TPSA) is 0 Å². The zero-order valence-electron chi connectivity index (χ0n) is 13.0. The van der Waals surface area contributed by atoms with Gasteiger partial charge in [-0.3, -0.25) is 0 Å². The molecule has 0 aliphatic heterocycles. The van der Waals surface area contributed by atoms with Crippen molar-refractivity contribution in [3.63, 3.8) is 0 Å². The molecule has 0 aromatic heterocycles. The molecule has 0 fully saturated rings. The van der Waals surface area contributed by atoms with Gasteiger partial charge >= 0.3 is 0 Å². The van der Waals surface area contributed by atoms with Crippen LogP contribution in [0.5, 0.6) is 0 Å². The zero-order chi connectivity index (χ0) is 14.2. The molecule has 0 heterocycles. The van der Waals surface area contributed by atoms with Crippen molar-refractivity contribution in [2.24, 2.45) is 0 Å². The molecule has 0 aliphatic carbocycles. The van der Waals surface area contributed by atoms with E-state index in [9.17, 15) is 0 Å². The second kappa shape index (κ2) is 6.58. The van der Waals surface area contributed by atoms with Gasteiger partial charge in [-0.25, -0.2) is 0 Å². The maximum Gasteiger partial charge on any atom is 0.0669 e. The van der Waals surface area contributed by atoms with Gasteiger partial charge in [0.2, 0.25) is 0 Å². The first kappa shape index (κ1) is 19.6. The second-order valence-electron chi connectivity index (χ2n) is 7.00. The van der Waals surface area contributed by atoms with Gasteiger partial charge < -0.3 is 11.6 Å². The molecule has 1 aromatic rings. The molecule has 0 N–H and O–H groups in total.